The molecule has 2 fully saturated rings. The molecule has 27 heavy (non-hydrogen) atoms. The second kappa shape index (κ2) is 8.19. The van der Waals surface area contributed by atoms with E-state index in [9.17, 15) is 9.59 Å². The fraction of sp³-hybridized carbons (Fsp3) is 0.619. The molecule has 1 atom stereocenters. The molecule has 2 aliphatic rings. The predicted octanol–water partition coefficient (Wildman–Crippen LogP) is 3.62. The van der Waals surface area contributed by atoms with E-state index in [0.717, 1.165) is 24.2 Å². The molecule has 1 unspecified atom stereocenters. The van der Waals surface area contributed by atoms with Gasteiger partial charge in [-0.25, -0.2) is 0 Å². The Hall–Kier alpha value is -2.24. The Morgan fingerprint density at radius 1 is 0.963 bits per heavy atom. The summed E-state index contributed by atoms with van der Waals surface area (Å²) < 4.78 is 21.4. The maximum atomic E-state index is 12.3. The fourth-order valence-electron chi connectivity index (χ4n) is 4.40. The van der Waals surface area contributed by atoms with Crippen LogP contribution in [0.1, 0.15) is 56.4 Å². The number of hydrogen-bond acceptors (Lipinski definition) is 6. The third kappa shape index (κ3) is 3.75. The minimum atomic E-state index is -1.22. The summed E-state index contributed by atoms with van der Waals surface area (Å²) >= 11 is 0. The molecule has 148 valence electrons. The van der Waals surface area contributed by atoms with Crippen molar-refractivity contribution in [3.05, 3.63) is 23.8 Å². The van der Waals surface area contributed by atoms with Crippen molar-refractivity contribution in [2.75, 3.05) is 21.3 Å². The average Bonchev–Trinajstić information content (AvgIpc) is 3.37. The van der Waals surface area contributed by atoms with Crippen molar-refractivity contribution in [3.8, 4) is 11.5 Å². The van der Waals surface area contributed by atoms with Crippen LogP contribution < -0.4 is 9.47 Å². The summed E-state index contributed by atoms with van der Waals surface area (Å²) in [5, 5.41) is 0. The molecule has 3 rings (SSSR count). The standard InChI is InChI=1S/C21H28O6/c1-24-17-9-8-14(12-18(17)27-16-6-4-5-7-16)15-10-11-21(13-15,19(22)25-2)20(23)26-3/h8-9,12,15-16H,4-7,10-11,13H2,1-3H3. The maximum Gasteiger partial charge on any atom is 0.323 e. The van der Waals surface area contributed by atoms with Gasteiger partial charge < -0.3 is 18.9 Å². The lowest BCUT2D eigenvalue weighted by Crippen LogP contribution is -2.39. The zero-order valence-corrected chi connectivity index (χ0v) is 16.3. The Balaban J connectivity index is 1.83. The summed E-state index contributed by atoms with van der Waals surface area (Å²) in [6.07, 6.45) is 6.23. The van der Waals surface area contributed by atoms with Crippen molar-refractivity contribution in [3.63, 3.8) is 0 Å². The molecule has 0 aromatic heterocycles. The number of carbonyl (C=O) groups excluding carboxylic acids is 2. The van der Waals surface area contributed by atoms with Gasteiger partial charge >= 0.3 is 11.9 Å². The highest BCUT2D eigenvalue weighted by molar-refractivity contribution is 6.00. The molecule has 2 aliphatic carbocycles. The highest BCUT2D eigenvalue weighted by Crippen LogP contribution is 2.49. The first-order valence-corrected chi connectivity index (χ1v) is 9.55. The SMILES string of the molecule is COC(=O)C1(C(=O)OC)CCC(c2ccc(OC)c(OC3CCCC3)c2)C1. The van der Waals surface area contributed by atoms with Crippen molar-refractivity contribution < 1.29 is 28.5 Å². The van der Waals surface area contributed by atoms with Gasteiger partial charge in [-0.3, -0.25) is 9.59 Å². The molecule has 0 radical (unpaired) electrons. The first kappa shape index (κ1) is 19.5. The van der Waals surface area contributed by atoms with Gasteiger partial charge in [0.15, 0.2) is 16.9 Å². The Morgan fingerprint density at radius 2 is 1.63 bits per heavy atom. The summed E-state index contributed by atoms with van der Waals surface area (Å²) in [6, 6.07) is 5.87. The molecule has 1 aromatic rings. The van der Waals surface area contributed by atoms with Gasteiger partial charge in [0.05, 0.1) is 27.4 Å². The number of benzene rings is 1. The minimum Gasteiger partial charge on any atom is -0.493 e. The van der Waals surface area contributed by atoms with E-state index in [4.69, 9.17) is 18.9 Å². The molecular formula is C21H28O6. The molecular weight excluding hydrogens is 348 g/mol. The fourth-order valence-corrected chi connectivity index (χ4v) is 4.40. The van der Waals surface area contributed by atoms with Crippen LogP contribution in [0.4, 0.5) is 0 Å². The number of hydrogen-bond donors (Lipinski definition) is 0. The molecule has 6 nitrogen and oxygen atoms in total. The quantitative estimate of drug-likeness (QED) is 0.558. The second-order valence-electron chi connectivity index (χ2n) is 7.44. The molecule has 0 amide bonds. The highest BCUT2D eigenvalue weighted by atomic mass is 16.5. The zero-order chi connectivity index (χ0) is 19.4. The van der Waals surface area contributed by atoms with Gasteiger partial charge in [0, 0.05) is 0 Å². The first-order valence-electron chi connectivity index (χ1n) is 9.55. The summed E-state index contributed by atoms with van der Waals surface area (Å²) in [6.45, 7) is 0. The highest BCUT2D eigenvalue weighted by Gasteiger charge is 2.53. The molecule has 0 aliphatic heterocycles. The summed E-state index contributed by atoms with van der Waals surface area (Å²) in [5.41, 5.74) is -0.181. The van der Waals surface area contributed by atoms with Crippen LogP contribution in [0.3, 0.4) is 0 Å². The number of ether oxygens (including phenoxy) is 4. The Morgan fingerprint density at radius 3 is 2.22 bits per heavy atom. The van der Waals surface area contributed by atoms with E-state index < -0.39 is 17.4 Å². The molecule has 1 aromatic carbocycles. The van der Waals surface area contributed by atoms with Crippen LogP contribution in [0.25, 0.3) is 0 Å². The topological polar surface area (TPSA) is 71.1 Å². The van der Waals surface area contributed by atoms with Gasteiger partial charge in [-0.15, -0.1) is 0 Å². The van der Waals surface area contributed by atoms with Crippen LogP contribution in [0, 0.1) is 5.41 Å². The van der Waals surface area contributed by atoms with Crippen molar-refractivity contribution in [2.24, 2.45) is 5.41 Å². The summed E-state index contributed by atoms with van der Waals surface area (Å²) in [5.74, 6) is 0.451. The van der Waals surface area contributed by atoms with Gasteiger partial charge in [0.25, 0.3) is 0 Å². The molecule has 6 heteroatoms. The van der Waals surface area contributed by atoms with Crippen LogP contribution in [0.15, 0.2) is 18.2 Å². The summed E-state index contributed by atoms with van der Waals surface area (Å²) in [7, 11) is 4.24. The lowest BCUT2D eigenvalue weighted by Gasteiger charge is -2.23. The van der Waals surface area contributed by atoms with Crippen LogP contribution in [-0.2, 0) is 19.1 Å². The van der Waals surface area contributed by atoms with Crippen LogP contribution >= 0.6 is 0 Å². The first-order chi connectivity index (χ1) is 13.0. The summed E-state index contributed by atoms with van der Waals surface area (Å²) in [4.78, 5) is 24.7. The molecule has 0 bridgehead atoms. The van der Waals surface area contributed by atoms with Crippen LogP contribution in [-0.4, -0.2) is 39.4 Å². The van der Waals surface area contributed by atoms with Crippen LogP contribution in [0.5, 0.6) is 11.5 Å². The number of rotatable bonds is 6. The lowest BCUT2D eigenvalue weighted by molar-refractivity contribution is -0.168. The Kier molecular flexibility index (Phi) is 5.92. The third-order valence-electron chi connectivity index (χ3n) is 5.92. The van der Waals surface area contributed by atoms with E-state index in [1.807, 2.05) is 18.2 Å². The molecule has 0 spiro atoms. The third-order valence-corrected chi connectivity index (χ3v) is 5.92. The smallest absolute Gasteiger partial charge is 0.323 e. The molecule has 0 saturated heterocycles. The largest absolute Gasteiger partial charge is 0.493 e. The molecule has 0 heterocycles. The van der Waals surface area contributed by atoms with Crippen molar-refractivity contribution in [1.82, 2.24) is 0 Å². The Bertz CT molecular complexity index is 676. The monoisotopic (exact) mass is 376 g/mol. The molecule has 0 N–H and O–H groups in total. The number of methoxy groups -OCH3 is 3. The van der Waals surface area contributed by atoms with E-state index in [0.29, 0.717) is 25.0 Å². The van der Waals surface area contributed by atoms with E-state index >= 15 is 0 Å². The Labute approximate surface area is 160 Å². The minimum absolute atomic E-state index is 0.0556. The zero-order valence-electron chi connectivity index (χ0n) is 16.3. The van der Waals surface area contributed by atoms with Crippen molar-refractivity contribution >= 4 is 11.9 Å². The van der Waals surface area contributed by atoms with E-state index in [1.165, 1.54) is 27.1 Å². The second-order valence-corrected chi connectivity index (χ2v) is 7.44. The van der Waals surface area contributed by atoms with Crippen LogP contribution in [0.2, 0.25) is 0 Å². The van der Waals surface area contributed by atoms with Gasteiger partial charge in [-0.1, -0.05) is 6.07 Å². The lowest BCUT2D eigenvalue weighted by atomic mass is 9.84. The molecule has 2 saturated carbocycles. The van der Waals surface area contributed by atoms with Gasteiger partial charge in [0.2, 0.25) is 0 Å². The van der Waals surface area contributed by atoms with Crippen molar-refractivity contribution in [1.29, 1.82) is 0 Å². The van der Waals surface area contributed by atoms with E-state index in [1.54, 1.807) is 7.11 Å². The van der Waals surface area contributed by atoms with Gasteiger partial charge in [-0.2, -0.15) is 0 Å². The number of carbonyl (C=O) groups is 2. The maximum absolute atomic E-state index is 12.3. The average molecular weight is 376 g/mol. The van der Waals surface area contributed by atoms with Gasteiger partial charge in [0.1, 0.15) is 0 Å². The predicted molar refractivity (Wildman–Crippen MR) is 98.9 cm³/mol. The van der Waals surface area contributed by atoms with E-state index in [2.05, 4.69) is 0 Å². The van der Waals surface area contributed by atoms with E-state index in [-0.39, 0.29) is 12.0 Å². The van der Waals surface area contributed by atoms with Gasteiger partial charge in [-0.05, 0) is 68.6 Å². The number of esters is 2. The normalized spacial score (nSPS) is 21.7. The van der Waals surface area contributed by atoms with Crippen molar-refractivity contribution in [2.45, 2.75) is 57.0 Å².